The first kappa shape index (κ1) is 15.8. The summed E-state index contributed by atoms with van der Waals surface area (Å²) < 4.78 is 7.11. The number of halogens is 2. The highest BCUT2D eigenvalue weighted by Crippen LogP contribution is 2.32. The van der Waals surface area contributed by atoms with Crippen LogP contribution in [0.4, 0.5) is 0 Å². The first-order chi connectivity index (χ1) is 9.79. The molecule has 1 unspecified atom stereocenters. The van der Waals surface area contributed by atoms with Crippen molar-refractivity contribution in [1.29, 1.82) is 0 Å². The van der Waals surface area contributed by atoms with E-state index in [2.05, 4.69) is 10.1 Å². The number of benzene rings is 1. The van der Waals surface area contributed by atoms with E-state index in [0.717, 1.165) is 0 Å². The molecule has 2 aromatic rings. The summed E-state index contributed by atoms with van der Waals surface area (Å²) in [5.41, 5.74) is -0.602. The molecule has 0 fully saturated rings. The van der Waals surface area contributed by atoms with E-state index >= 15 is 0 Å². The Hall–Kier alpha value is -1.59. The second kappa shape index (κ2) is 6.03. The summed E-state index contributed by atoms with van der Waals surface area (Å²) in [6, 6.07) is 4.81. The van der Waals surface area contributed by atoms with E-state index in [1.54, 1.807) is 18.2 Å². The van der Waals surface area contributed by atoms with Gasteiger partial charge in [-0.15, -0.1) is 0 Å². The molecular formula is C14H15Cl2N3O2. The van der Waals surface area contributed by atoms with Crippen LogP contribution in [0.25, 0.3) is 0 Å². The molecule has 1 atom stereocenters. The molecule has 0 radical (unpaired) electrons. The number of hydrogen-bond acceptors (Lipinski definition) is 4. The Labute approximate surface area is 132 Å². The van der Waals surface area contributed by atoms with Crippen LogP contribution in [0.5, 0.6) is 5.75 Å². The van der Waals surface area contributed by atoms with Crippen LogP contribution in [0.3, 0.4) is 0 Å². The molecule has 1 aromatic heterocycles. The maximum Gasteiger partial charge on any atom is 0.252 e. The van der Waals surface area contributed by atoms with Crippen LogP contribution in [0, 0.1) is 5.41 Å². The molecule has 0 bridgehead atoms. The minimum Gasteiger partial charge on any atom is -0.460 e. The van der Waals surface area contributed by atoms with E-state index in [-0.39, 0.29) is 5.78 Å². The Kier molecular flexibility index (Phi) is 4.54. The van der Waals surface area contributed by atoms with Crippen molar-refractivity contribution >= 4 is 29.0 Å². The van der Waals surface area contributed by atoms with E-state index in [1.165, 1.54) is 17.3 Å². The number of ether oxygens (including phenoxy) is 1. The van der Waals surface area contributed by atoms with E-state index in [4.69, 9.17) is 27.9 Å². The van der Waals surface area contributed by atoms with Gasteiger partial charge in [-0.3, -0.25) is 4.79 Å². The Morgan fingerprint density at radius 3 is 2.57 bits per heavy atom. The van der Waals surface area contributed by atoms with E-state index in [9.17, 15) is 4.79 Å². The third kappa shape index (κ3) is 3.74. The Bertz CT molecular complexity index is 636. The monoisotopic (exact) mass is 327 g/mol. The topological polar surface area (TPSA) is 57.0 Å². The number of hydrogen-bond donors (Lipinski definition) is 0. The molecule has 5 nitrogen and oxygen atoms in total. The van der Waals surface area contributed by atoms with Gasteiger partial charge in [0.15, 0.2) is 0 Å². The average molecular weight is 328 g/mol. The highest BCUT2D eigenvalue weighted by atomic mass is 35.5. The molecule has 0 spiro atoms. The van der Waals surface area contributed by atoms with Crippen LogP contribution < -0.4 is 4.74 Å². The molecule has 1 aromatic carbocycles. The molecule has 112 valence electrons. The van der Waals surface area contributed by atoms with E-state index in [0.29, 0.717) is 15.8 Å². The molecule has 1 heterocycles. The Balaban J connectivity index is 2.35. The SMILES string of the molecule is CC(C)(C)C(=O)C(Oc1ccc(Cl)cc1Cl)n1cncn1. The summed E-state index contributed by atoms with van der Waals surface area (Å²) in [6.07, 6.45) is 1.83. The number of carbonyl (C=O) groups is 1. The van der Waals surface area contributed by atoms with Gasteiger partial charge in [0.25, 0.3) is 6.23 Å². The van der Waals surface area contributed by atoms with Gasteiger partial charge in [0.05, 0.1) is 5.02 Å². The van der Waals surface area contributed by atoms with Gasteiger partial charge >= 0.3 is 0 Å². The number of ketones is 1. The summed E-state index contributed by atoms with van der Waals surface area (Å²) in [6.45, 7) is 5.43. The lowest BCUT2D eigenvalue weighted by molar-refractivity contribution is -0.138. The van der Waals surface area contributed by atoms with Crippen molar-refractivity contribution in [1.82, 2.24) is 14.8 Å². The molecule has 0 aliphatic heterocycles. The van der Waals surface area contributed by atoms with Gasteiger partial charge in [0.1, 0.15) is 18.4 Å². The van der Waals surface area contributed by atoms with Crippen molar-refractivity contribution in [2.24, 2.45) is 5.41 Å². The van der Waals surface area contributed by atoms with Crippen molar-refractivity contribution in [3.05, 3.63) is 40.9 Å². The average Bonchev–Trinajstić information content (AvgIpc) is 2.90. The van der Waals surface area contributed by atoms with Crippen LogP contribution in [0.2, 0.25) is 10.0 Å². The molecule has 0 saturated carbocycles. The number of aromatic nitrogens is 3. The van der Waals surface area contributed by atoms with E-state index < -0.39 is 11.6 Å². The fraction of sp³-hybridized carbons (Fsp3) is 0.357. The molecule has 0 aliphatic carbocycles. The smallest absolute Gasteiger partial charge is 0.252 e. The minimum absolute atomic E-state index is 0.140. The predicted molar refractivity (Wildman–Crippen MR) is 80.6 cm³/mol. The van der Waals surface area contributed by atoms with Crippen molar-refractivity contribution in [3.8, 4) is 5.75 Å². The molecule has 2 rings (SSSR count). The highest BCUT2D eigenvalue weighted by molar-refractivity contribution is 6.35. The summed E-state index contributed by atoms with van der Waals surface area (Å²) in [5, 5.41) is 4.81. The second-order valence-corrected chi connectivity index (χ2v) is 6.38. The van der Waals surface area contributed by atoms with Gasteiger partial charge in [0.2, 0.25) is 5.78 Å². The summed E-state index contributed by atoms with van der Waals surface area (Å²) >= 11 is 11.9. The van der Waals surface area contributed by atoms with Gasteiger partial charge in [-0.2, -0.15) is 5.10 Å². The maximum atomic E-state index is 12.6. The summed E-state index contributed by atoms with van der Waals surface area (Å²) in [7, 11) is 0. The zero-order valence-corrected chi connectivity index (χ0v) is 13.4. The van der Waals surface area contributed by atoms with Gasteiger partial charge in [-0.25, -0.2) is 9.67 Å². The first-order valence-corrected chi connectivity index (χ1v) is 7.05. The highest BCUT2D eigenvalue weighted by Gasteiger charge is 2.33. The van der Waals surface area contributed by atoms with Gasteiger partial charge in [-0.05, 0) is 18.2 Å². The maximum absolute atomic E-state index is 12.6. The second-order valence-electron chi connectivity index (χ2n) is 5.53. The summed E-state index contributed by atoms with van der Waals surface area (Å²) in [5.74, 6) is 0.221. The third-order valence-electron chi connectivity index (χ3n) is 2.77. The van der Waals surface area contributed by atoms with Crippen molar-refractivity contribution in [2.45, 2.75) is 27.0 Å². The van der Waals surface area contributed by atoms with Crippen LogP contribution in [0.15, 0.2) is 30.9 Å². The number of Topliss-reactive ketones (excluding diaryl/α,β-unsaturated/α-hetero) is 1. The van der Waals surface area contributed by atoms with Crippen molar-refractivity contribution < 1.29 is 9.53 Å². The predicted octanol–water partition coefficient (Wildman–Crippen LogP) is 3.78. The fourth-order valence-electron chi connectivity index (χ4n) is 1.63. The minimum atomic E-state index is -0.939. The van der Waals surface area contributed by atoms with Gasteiger partial charge in [0, 0.05) is 10.4 Å². The van der Waals surface area contributed by atoms with Crippen molar-refractivity contribution in [3.63, 3.8) is 0 Å². The Morgan fingerprint density at radius 2 is 2.05 bits per heavy atom. The van der Waals surface area contributed by atoms with Crippen molar-refractivity contribution in [2.75, 3.05) is 0 Å². The normalized spacial score (nSPS) is 13.0. The third-order valence-corrected chi connectivity index (χ3v) is 3.30. The quantitative estimate of drug-likeness (QED) is 0.857. The molecular weight excluding hydrogens is 313 g/mol. The summed E-state index contributed by atoms with van der Waals surface area (Å²) in [4.78, 5) is 16.4. The van der Waals surface area contributed by atoms with Crippen LogP contribution in [0.1, 0.15) is 27.0 Å². The lowest BCUT2D eigenvalue weighted by Gasteiger charge is -2.25. The largest absolute Gasteiger partial charge is 0.460 e. The molecule has 0 N–H and O–H groups in total. The molecule has 0 aliphatic rings. The number of nitrogens with zero attached hydrogens (tertiary/aromatic N) is 3. The van der Waals surface area contributed by atoms with E-state index in [1.807, 2.05) is 20.8 Å². The Morgan fingerprint density at radius 1 is 1.33 bits per heavy atom. The first-order valence-electron chi connectivity index (χ1n) is 6.29. The fourth-order valence-corrected chi connectivity index (χ4v) is 2.08. The lowest BCUT2D eigenvalue weighted by atomic mass is 9.90. The molecule has 0 saturated heterocycles. The standard InChI is InChI=1S/C14H15Cl2N3O2/c1-14(2,3)12(20)13(19-8-17-7-18-19)21-11-5-4-9(15)6-10(11)16/h4-8,13H,1-3H3. The van der Waals surface area contributed by atoms with Gasteiger partial charge < -0.3 is 4.74 Å². The number of rotatable bonds is 4. The molecule has 7 heteroatoms. The molecule has 21 heavy (non-hydrogen) atoms. The van der Waals surface area contributed by atoms with Crippen LogP contribution >= 0.6 is 23.2 Å². The van der Waals surface area contributed by atoms with Crippen LogP contribution in [-0.2, 0) is 4.79 Å². The van der Waals surface area contributed by atoms with Crippen LogP contribution in [-0.4, -0.2) is 20.5 Å². The molecule has 0 amide bonds. The van der Waals surface area contributed by atoms with Gasteiger partial charge in [-0.1, -0.05) is 44.0 Å². The zero-order valence-electron chi connectivity index (χ0n) is 11.9. The lowest BCUT2D eigenvalue weighted by Crippen LogP contribution is -2.34. The zero-order chi connectivity index (χ0) is 15.6. The number of carbonyl (C=O) groups excluding carboxylic acids is 1.